The van der Waals surface area contributed by atoms with Crippen LogP contribution in [0.25, 0.3) is 22.2 Å². The van der Waals surface area contributed by atoms with Crippen molar-refractivity contribution >= 4 is 22.4 Å². The van der Waals surface area contributed by atoms with E-state index in [9.17, 15) is 18.0 Å². The predicted molar refractivity (Wildman–Crippen MR) is 93.9 cm³/mol. The van der Waals surface area contributed by atoms with Crippen molar-refractivity contribution in [1.29, 1.82) is 0 Å². The molecule has 1 aromatic heterocycles. The molecular formula is C19H17F3N2O2. The summed E-state index contributed by atoms with van der Waals surface area (Å²) in [5.41, 5.74) is 7.33. The van der Waals surface area contributed by atoms with E-state index in [1.807, 2.05) is 6.92 Å². The molecule has 0 radical (unpaired) electrons. The van der Waals surface area contributed by atoms with Gasteiger partial charge in [-0.15, -0.1) is 0 Å². The summed E-state index contributed by atoms with van der Waals surface area (Å²) in [6.45, 7) is 2.46. The number of Topliss-reactive ketones (excluding diaryl/α,β-unsaturated/α-hetero) is 1. The van der Waals surface area contributed by atoms with Crippen molar-refractivity contribution in [2.45, 2.75) is 19.7 Å². The number of hydrogen-bond acceptors (Lipinski definition) is 3. The summed E-state index contributed by atoms with van der Waals surface area (Å²) in [7, 11) is 0. The van der Waals surface area contributed by atoms with Crippen molar-refractivity contribution in [2.24, 2.45) is 0 Å². The molecule has 26 heavy (non-hydrogen) atoms. The van der Waals surface area contributed by atoms with Gasteiger partial charge in [-0.3, -0.25) is 4.79 Å². The molecule has 4 nitrogen and oxygen atoms in total. The van der Waals surface area contributed by atoms with Gasteiger partial charge in [0.05, 0.1) is 29.1 Å². The number of halogens is 3. The number of benzene rings is 2. The Balaban J connectivity index is 2.30. The van der Waals surface area contributed by atoms with Crippen LogP contribution in [-0.4, -0.2) is 23.6 Å². The minimum atomic E-state index is -5.00. The van der Waals surface area contributed by atoms with Gasteiger partial charge in [-0.2, -0.15) is 13.2 Å². The number of H-pyrrole nitrogens is 1. The molecule has 0 bridgehead atoms. The number of carbonyl (C=O) groups is 1. The maximum atomic E-state index is 13.2. The topological polar surface area (TPSA) is 68.1 Å². The standard InChI is InChI=1S/C19H17F3N2O2/c1-2-26-10-11-8-13-15(18(25)19(20,21)22)16(12-6-4-3-5-7-12)24-17(13)14(23)9-11/h3-9,24H,2,10,23H2,1H3. The van der Waals surface area contributed by atoms with Crippen LogP contribution in [0.3, 0.4) is 0 Å². The Morgan fingerprint density at radius 1 is 1.19 bits per heavy atom. The van der Waals surface area contributed by atoms with Gasteiger partial charge in [0.2, 0.25) is 0 Å². The van der Waals surface area contributed by atoms with Crippen molar-refractivity contribution in [2.75, 3.05) is 12.3 Å². The third kappa shape index (κ3) is 3.30. The lowest BCUT2D eigenvalue weighted by molar-refractivity contribution is -0.0883. The highest BCUT2D eigenvalue weighted by Crippen LogP contribution is 2.37. The van der Waals surface area contributed by atoms with E-state index in [0.717, 1.165) is 0 Å². The van der Waals surface area contributed by atoms with E-state index in [-0.39, 0.29) is 23.4 Å². The third-order valence-electron chi connectivity index (χ3n) is 4.02. The van der Waals surface area contributed by atoms with Crippen LogP contribution in [0.1, 0.15) is 22.8 Å². The first-order valence-corrected chi connectivity index (χ1v) is 8.01. The summed E-state index contributed by atoms with van der Waals surface area (Å²) in [6.07, 6.45) is -5.00. The fourth-order valence-electron chi connectivity index (χ4n) is 2.89. The first-order valence-electron chi connectivity index (χ1n) is 8.01. The van der Waals surface area contributed by atoms with Gasteiger partial charge in [0, 0.05) is 12.0 Å². The highest BCUT2D eigenvalue weighted by Gasteiger charge is 2.42. The van der Waals surface area contributed by atoms with E-state index in [4.69, 9.17) is 10.5 Å². The zero-order chi connectivity index (χ0) is 18.9. The van der Waals surface area contributed by atoms with Crippen LogP contribution in [0, 0.1) is 0 Å². The van der Waals surface area contributed by atoms with E-state index in [2.05, 4.69) is 4.98 Å². The van der Waals surface area contributed by atoms with Gasteiger partial charge in [-0.25, -0.2) is 0 Å². The number of hydrogen-bond donors (Lipinski definition) is 2. The Morgan fingerprint density at radius 2 is 1.88 bits per heavy atom. The van der Waals surface area contributed by atoms with E-state index >= 15 is 0 Å². The second-order valence-electron chi connectivity index (χ2n) is 5.81. The number of ether oxygens (including phenoxy) is 1. The lowest BCUT2D eigenvalue weighted by atomic mass is 10.00. The summed E-state index contributed by atoms with van der Waals surface area (Å²) >= 11 is 0. The van der Waals surface area contributed by atoms with Gasteiger partial charge >= 0.3 is 6.18 Å². The first-order chi connectivity index (χ1) is 12.3. The van der Waals surface area contributed by atoms with E-state index in [1.165, 1.54) is 6.07 Å². The fraction of sp³-hybridized carbons (Fsp3) is 0.211. The van der Waals surface area contributed by atoms with Crippen LogP contribution in [0.2, 0.25) is 0 Å². The Kier molecular flexibility index (Phi) is 4.73. The number of aromatic amines is 1. The van der Waals surface area contributed by atoms with Gasteiger partial charge in [-0.1, -0.05) is 30.3 Å². The molecule has 0 saturated carbocycles. The maximum absolute atomic E-state index is 13.2. The Morgan fingerprint density at radius 3 is 2.50 bits per heavy atom. The third-order valence-corrected chi connectivity index (χ3v) is 4.02. The van der Waals surface area contributed by atoms with Gasteiger partial charge in [0.1, 0.15) is 0 Å². The summed E-state index contributed by atoms with van der Waals surface area (Å²) in [6, 6.07) is 11.5. The summed E-state index contributed by atoms with van der Waals surface area (Å²) in [5, 5.41) is 0.140. The zero-order valence-electron chi connectivity index (χ0n) is 14.0. The van der Waals surface area contributed by atoms with Crippen LogP contribution in [0.5, 0.6) is 0 Å². The molecule has 0 atom stereocenters. The lowest BCUT2D eigenvalue weighted by Crippen LogP contribution is -2.23. The van der Waals surface area contributed by atoms with Crippen LogP contribution >= 0.6 is 0 Å². The van der Waals surface area contributed by atoms with Crippen LogP contribution in [0.15, 0.2) is 42.5 Å². The first kappa shape index (κ1) is 18.0. The molecule has 3 N–H and O–H groups in total. The van der Waals surface area contributed by atoms with Crippen molar-refractivity contribution in [3.05, 3.63) is 53.6 Å². The Labute approximate surface area is 147 Å². The Hall–Kier alpha value is -2.80. The predicted octanol–water partition coefficient (Wildman–Crippen LogP) is 4.70. The zero-order valence-corrected chi connectivity index (χ0v) is 14.0. The second kappa shape index (κ2) is 6.84. The molecule has 136 valence electrons. The van der Waals surface area contributed by atoms with Gasteiger partial charge in [0.25, 0.3) is 5.78 Å². The molecule has 0 amide bonds. The summed E-state index contributed by atoms with van der Waals surface area (Å²) in [5.74, 6) is -1.91. The molecule has 1 heterocycles. The number of aromatic nitrogens is 1. The summed E-state index contributed by atoms with van der Waals surface area (Å²) < 4.78 is 45.0. The van der Waals surface area contributed by atoms with Crippen molar-refractivity contribution in [1.82, 2.24) is 4.98 Å². The monoisotopic (exact) mass is 362 g/mol. The molecule has 0 fully saturated rings. The molecule has 0 aliphatic carbocycles. The number of rotatable bonds is 5. The van der Waals surface area contributed by atoms with Crippen molar-refractivity contribution in [3.63, 3.8) is 0 Å². The molecule has 3 rings (SSSR count). The molecular weight excluding hydrogens is 345 g/mol. The molecule has 0 aliphatic heterocycles. The molecule has 0 spiro atoms. The minimum Gasteiger partial charge on any atom is -0.397 e. The van der Waals surface area contributed by atoms with Gasteiger partial charge < -0.3 is 15.5 Å². The normalized spacial score (nSPS) is 11.8. The number of nitrogens with two attached hydrogens (primary N) is 1. The molecule has 7 heteroatoms. The van der Waals surface area contributed by atoms with Gasteiger partial charge in [-0.05, 0) is 30.2 Å². The average molecular weight is 362 g/mol. The van der Waals surface area contributed by atoms with E-state index in [0.29, 0.717) is 23.3 Å². The van der Waals surface area contributed by atoms with Gasteiger partial charge in [0.15, 0.2) is 0 Å². The number of nitrogen functional groups attached to an aromatic ring is 1. The largest absolute Gasteiger partial charge is 0.454 e. The number of ketones is 1. The fourth-order valence-corrected chi connectivity index (χ4v) is 2.89. The SMILES string of the molecule is CCOCc1cc(N)c2[nH]c(-c3ccccc3)c(C(=O)C(F)(F)F)c2c1. The number of anilines is 1. The van der Waals surface area contributed by atoms with Crippen molar-refractivity contribution in [3.8, 4) is 11.3 Å². The summed E-state index contributed by atoms with van der Waals surface area (Å²) in [4.78, 5) is 15.1. The number of alkyl halides is 3. The van der Waals surface area contributed by atoms with Crippen LogP contribution < -0.4 is 5.73 Å². The maximum Gasteiger partial charge on any atom is 0.454 e. The minimum absolute atomic E-state index is 0.100. The van der Waals surface area contributed by atoms with E-state index < -0.39 is 17.5 Å². The molecule has 0 saturated heterocycles. The molecule has 2 aromatic carbocycles. The average Bonchev–Trinajstić information content (AvgIpc) is 2.99. The highest BCUT2D eigenvalue weighted by atomic mass is 19.4. The quantitative estimate of drug-likeness (QED) is 0.511. The number of carbonyl (C=O) groups excluding carboxylic acids is 1. The number of nitrogens with one attached hydrogen (secondary N) is 1. The van der Waals surface area contributed by atoms with Crippen molar-refractivity contribution < 1.29 is 22.7 Å². The Bertz CT molecular complexity index is 947. The smallest absolute Gasteiger partial charge is 0.397 e. The molecule has 0 aliphatic rings. The number of fused-ring (bicyclic) bond motifs is 1. The molecule has 3 aromatic rings. The highest BCUT2D eigenvalue weighted by molar-refractivity contribution is 6.17. The van der Waals surface area contributed by atoms with E-state index in [1.54, 1.807) is 36.4 Å². The van der Waals surface area contributed by atoms with Crippen LogP contribution in [-0.2, 0) is 11.3 Å². The lowest BCUT2D eigenvalue weighted by Gasteiger charge is -2.08. The van der Waals surface area contributed by atoms with Crippen LogP contribution in [0.4, 0.5) is 18.9 Å². The molecule has 0 unspecified atom stereocenters. The second-order valence-corrected chi connectivity index (χ2v) is 5.81.